The molecule has 0 N–H and O–H groups in total. The maximum absolute atomic E-state index is 2.50. The predicted molar refractivity (Wildman–Crippen MR) is 256 cm³/mol. The van der Waals surface area contributed by atoms with Gasteiger partial charge in [-0.2, -0.15) is 0 Å². The summed E-state index contributed by atoms with van der Waals surface area (Å²) in [5, 5.41) is 6.35. The van der Waals surface area contributed by atoms with Gasteiger partial charge in [0, 0.05) is 66.3 Å². The van der Waals surface area contributed by atoms with Gasteiger partial charge in [-0.3, -0.25) is 0 Å². The quantitative estimate of drug-likeness (QED) is 0.157. The van der Waals surface area contributed by atoms with E-state index in [1.807, 2.05) is 11.3 Å². The van der Waals surface area contributed by atoms with Crippen LogP contribution in [-0.4, -0.2) is 9.13 Å². The third-order valence-corrected chi connectivity index (χ3v) is 13.1. The van der Waals surface area contributed by atoms with E-state index in [9.17, 15) is 0 Å². The van der Waals surface area contributed by atoms with Crippen molar-refractivity contribution in [2.75, 3.05) is 4.90 Å². The molecule has 9 aromatic carbocycles. The Balaban J connectivity index is 1.04. The second kappa shape index (κ2) is 14.0. The maximum atomic E-state index is 2.50. The van der Waals surface area contributed by atoms with Gasteiger partial charge in [-0.05, 0) is 107 Å². The fraction of sp³-hybridized carbons (Fsp3) is 0. The summed E-state index contributed by atoms with van der Waals surface area (Å²) in [6, 6.07) is 79.3. The van der Waals surface area contributed by atoms with Crippen LogP contribution in [0.25, 0.3) is 86.5 Å². The van der Waals surface area contributed by atoms with Crippen LogP contribution in [0.4, 0.5) is 17.1 Å². The number of thiophene rings is 1. The van der Waals surface area contributed by atoms with Gasteiger partial charge in [-0.25, -0.2) is 0 Å². The van der Waals surface area contributed by atoms with Crippen molar-refractivity contribution in [1.29, 1.82) is 0 Å². The summed E-state index contributed by atoms with van der Waals surface area (Å²) >= 11 is 1.89. The zero-order valence-corrected chi connectivity index (χ0v) is 33.4. The lowest BCUT2D eigenvalue weighted by molar-refractivity contribution is 1.13. The monoisotopic (exact) mass is 783 g/mol. The Morgan fingerprint density at radius 1 is 0.367 bits per heavy atom. The first-order chi connectivity index (χ1) is 29.7. The van der Waals surface area contributed by atoms with Gasteiger partial charge >= 0.3 is 0 Å². The van der Waals surface area contributed by atoms with Crippen LogP contribution in [0.3, 0.4) is 0 Å². The van der Waals surface area contributed by atoms with E-state index in [1.54, 1.807) is 0 Å². The van der Waals surface area contributed by atoms with Gasteiger partial charge in [0.25, 0.3) is 0 Å². The van der Waals surface area contributed by atoms with Gasteiger partial charge in [0.15, 0.2) is 0 Å². The molecule has 0 aliphatic rings. The molecule has 3 aromatic heterocycles. The molecule has 0 unspecified atom stereocenters. The van der Waals surface area contributed by atoms with E-state index in [4.69, 9.17) is 0 Å². The average molecular weight is 784 g/mol. The molecule has 0 fully saturated rings. The molecule has 0 spiro atoms. The van der Waals surface area contributed by atoms with Crippen molar-refractivity contribution in [3.8, 4) is 33.6 Å². The number of fused-ring (bicyclic) bond motifs is 8. The predicted octanol–water partition coefficient (Wildman–Crippen LogP) is 15.9. The molecule has 0 bridgehead atoms. The molecule has 0 saturated heterocycles. The molecule has 0 radical (unpaired) electrons. The highest BCUT2D eigenvalue weighted by Gasteiger charge is 2.21. The van der Waals surface area contributed by atoms with E-state index in [0.717, 1.165) is 28.4 Å². The number of hydrogen-bond donors (Lipinski definition) is 0. The van der Waals surface area contributed by atoms with Gasteiger partial charge in [-0.1, -0.05) is 133 Å². The zero-order chi connectivity index (χ0) is 39.6. The Morgan fingerprint density at radius 2 is 0.900 bits per heavy atom. The summed E-state index contributed by atoms with van der Waals surface area (Å²) in [4.78, 5) is 2.36. The van der Waals surface area contributed by atoms with E-state index >= 15 is 0 Å². The molecule has 0 aliphatic heterocycles. The van der Waals surface area contributed by atoms with Crippen molar-refractivity contribution in [3.63, 3.8) is 0 Å². The average Bonchev–Trinajstić information content (AvgIpc) is 4.02. The third kappa shape index (κ3) is 5.65. The van der Waals surface area contributed by atoms with E-state index in [2.05, 4.69) is 239 Å². The van der Waals surface area contributed by atoms with Gasteiger partial charge < -0.3 is 14.0 Å². The van der Waals surface area contributed by atoms with Crippen LogP contribution in [0.5, 0.6) is 0 Å². The van der Waals surface area contributed by atoms with Gasteiger partial charge in [0.05, 0.1) is 21.3 Å². The van der Waals surface area contributed by atoms with E-state index < -0.39 is 0 Å². The van der Waals surface area contributed by atoms with Crippen LogP contribution < -0.4 is 4.90 Å². The summed E-state index contributed by atoms with van der Waals surface area (Å²) < 4.78 is 7.42. The Hall–Kier alpha value is -7.66. The third-order valence-electron chi connectivity index (χ3n) is 11.9. The van der Waals surface area contributed by atoms with Crippen molar-refractivity contribution in [3.05, 3.63) is 225 Å². The van der Waals surface area contributed by atoms with Gasteiger partial charge in [-0.15, -0.1) is 11.3 Å². The Labute approximate surface area is 351 Å². The second-order valence-electron chi connectivity index (χ2n) is 15.4. The molecule has 12 aromatic rings. The highest BCUT2D eigenvalue weighted by Crippen LogP contribution is 2.45. The van der Waals surface area contributed by atoms with Crippen molar-refractivity contribution in [2.45, 2.75) is 0 Å². The van der Waals surface area contributed by atoms with Crippen molar-refractivity contribution in [2.24, 2.45) is 0 Å². The lowest BCUT2D eigenvalue weighted by atomic mass is 10.0. The van der Waals surface area contributed by atoms with Crippen LogP contribution in [0.2, 0.25) is 0 Å². The van der Waals surface area contributed by atoms with Crippen molar-refractivity contribution < 1.29 is 0 Å². The standard InChI is InChI=1S/C56H37N3S/c1-4-12-38(13-5-1)40-20-24-44(25-21-40)58(45-26-22-41(23-27-45)39-14-6-2-7-15-39)46-28-30-47(31-29-46)59-53-37-52-42(34-35-57(52)43-16-8-3-9-17-43)36-51(53)49-32-33-50-48-18-10-11-19-54(48)60-56(50)55(49)59/h1-37H. The molecule has 3 heterocycles. The van der Waals surface area contributed by atoms with E-state index in [1.165, 1.54) is 75.1 Å². The second-order valence-corrected chi connectivity index (χ2v) is 16.5. The van der Waals surface area contributed by atoms with E-state index in [-0.39, 0.29) is 0 Å². The molecule has 282 valence electrons. The maximum Gasteiger partial charge on any atom is 0.0719 e. The Morgan fingerprint density at radius 3 is 1.53 bits per heavy atom. The highest BCUT2D eigenvalue weighted by atomic mass is 32.1. The molecule has 3 nitrogen and oxygen atoms in total. The van der Waals surface area contributed by atoms with Gasteiger partial charge in [0.1, 0.15) is 0 Å². The minimum atomic E-state index is 1.09. The van der Waals surface area contributed by atoms with Crippen LogP contribution in [0, 0.1) is 0 Å². The number of benzene rings is 9. The Kier molecular flexibility index (Phi) is 8.03. The zero-order valence-electron chi connectivity index (χ0n) is 32.6. The summed E-state index contributed by atoms with van der Waals surface area (Å²) in [6.45, 7) is 0. The normalized spacial score (nSPS) is 11.7. The Bertz CT molecular complexity index is 3410. The summed E-state index contributed by atoms with van der Waals surface area (Å²) in [5.74, 6) is 0. The molecule has 12 rings (SSSR count). The number of hydrogen-bond acceptors (Lipinski definition) is 2. The molecular weight excluding hydrogens is 747 g/mol. The van der Waals surface area contributed by atoms with Crippen LogP contribution in [-0.2, 0) is 0 Å². The van der Waals surface area contributed by atoms with Crippen LogP contribution in [0.1, 0.15) is 0 Å². The summed E-state index contributed by atoms with van der Waals surface area (Å²) in [6.07, 6.45) is 2.19. The minimum absolute atomic E-state index is 1.09. The van der Waals surface area contributed by atoms with Gasteiger partial charge in [0.2, 0.25) is 0 Å². The lowest BCUT2D eigenvalue weighted by Gasteiger charge is -2.26. The first-order valence-corrected chi connectivity index (χ1v) is 21.2. The number of aromatic nitrogens is 2. The molecular formula is C56H37N3S. The minimum Gasteiger partial charge on any atom is -0.316 e. The fourth-order valence-electron chi connectivity index (χ4n) is 9.05. The molecule has 4 heteroatoms. The largest absolute Gasteiger partial charge is 0.316 e. The summed E-state index contributed by atoms with van der Waals surface area (Å²) in [5.41, 5.74) is 14.0. The first-order valence-electron chi connectivity index (χ1n) is 20.4. The van der Waals surface area contributed by atoms with Crippen LogP contribution >= 0.6 is 11.3 Å². The van der Waals surface area contributed by atoms with Crippen molar-refractivity contribution >= 4 is 81.3 Å². The molecule has 0 atom stereocenters. The fourth-order valence-corrected chi connectivity index (χ4v) is 10.3. The smallest absolute Gasteiger partial charge is 0.0719 e. The lowest BCUT2D eigenvalue weighted by Crippen LogP contribution is -2.10. The number of nitrogens with zero attached hydrogens (tertiary/aromatic N) is 3. The number of anilines is 3. The molecule has 0 saturated carbocycles. The SMILES string of the molecule is c1ccc(-c2ccc(N(c3ccc(-c4ccccc4)cc3)c3ccc(-n4c5cc6c(ccn6-c6ccccc6)cc5c5ccc6c7ccccc7sc6c54)cc3)cc2)cc1. The molecule has 60 heavy (non-hydrogen) atoms. The first kappa shape index (κ1) is 34.4. The molecule has 0 amide bonds. The molecule has 0 aliphatic carbocycles. The van der Waals surface area contributed by atoms with Crippen LogP contribution in [0.15, 0.2) is 225 Å². The number of rotatable bonds is 7. The van der Waals surface area contributed by atoms with Crippen molar-refractivity contribution in [1.82, 2.24) is 9.13 Å². The number of para-hydroxylation sites is 1. The topological polar surface area (TPSA) is 13.1 Å². The van der Waals surface area contributed by atoms with E-state index in [0.29, 0.717) is 0 Å². The highest BCUT2D eigenvalue weighted by molar-refractivity contribution is 7.26. The summed E-state index contributed by atoms with van der Waals surface area (Å²) in [7, 11) is 0.